The molecule has 1 aliphatic heterocycles. The van der Waals surface area contributed by atoms with Gasteiger partial charge in [0.15, 0.2) is 0 Å². The first kappa shape index (κ1) is 12.7. The topological polar surface area (TPSA) is 53.2 Å². The lowest BCUT2D eigenvalue weighted by Crippen LogP contribution is -2.23. The fourth-order valence-corrected chi connectivity index (χ4v) is 2.62. The van der Waals surface area contributed by atoms with E-state index in [2.05, 4.69) is 6.07 Å². The standard InChI is InChI=1S/C17H15NO2/c1-17(19,14-7-5-12(11-18)6-8-14)15-4-2-3-13-9-10-20-16(13)15/h2-8,19H,9-10H2,1H3. The van der Waals surface area contributed by atoms with E-state index in [0.29, 0.717) is 12.2 Å². The highest BCUT2D eigenvalue weighted by atomic mass is 16.5. The number of rotatable bonds is 2. The van der Waals surface area contributed by atoms with E-state index < -0.39 is 5.60 Å². The first-order valence-corrected chi connectivity index (χ1v) is 6.61. The predicted octanol–water partition coefficient (Wildman–Crippen LogP) is 2.75. The minimum absolute atomic E-state index is 0.582. The highest BCUT2D eigenvalue weighted by Gasteiger charge is 2.31. The Morgan fingerprint density at radius 1 is 1.20 bits per heavy atom. The van der Waals surface area contributed by atoms with E-state index in [0.717, 1.165) is 28.9 Å². The van der Waals surface area contributed by atoms with Crippen molar-refractivity contribution < 1.29 is 9.84 Å². The third-order valence-corrected chi connectivity index (χ3v) is 3.81. The van der Waals surface area contributed by atoms with Crippen molar-refractivity contribution in [3.05, 3.63) is 64.7 Å². The number of hydrogen-bond donors (Lipinski definition) is 1. The molecule has 1 heterocycles. The van der Waals surface area contributed by atoms with Gasteiger partial charge in [0.05, 0.1) is 18.2 Å². The first-order valence-electron chi connectivity index (χ1n) is 6.61. The highest BCUT2D eigenvalue weighted by molar-refractivity contribution is 5.50. The minimum Gasteiger partial charge on any atom is -0.493 e. The van der Waals surface area contributed by atoms with Crippen LogP contribution in [-0.4, -0.2) is 11.7 Å². The summed E-state index contributed by atoms with van der Waals surface area (Å²) in [5.41, 5.74) is 2.11. The van der Waals surface area contributed by atoms with Crippen LogP contribution in [0.3, 0.4) is 0 Å². The molecule has 3 heteroatoms. The fraction of sp³-hybridized carbons (Fsp3) is 0.235. The van der Waals surface area contributed by atoms with E-state index in [4.69, 9.17) is 10.00 Å². The average Bonchev–Trinajstić information content (AvgIpc) is 2.95. The Morgan fingerprint density at radius 2 is 1.95 bits per heavy atom. The Bertz CT molecular complexity index is 681. The van der Waals surface area contributed by atoms with Gasteiger partial charge in [-0.25, -0.2) is 0 Å². The van der Waals surface area contributed by atoms with Crippen LogP contribution in [0.1, 0.15) is 29.2 Å². The molecule has 20 heavy (non-hydrogen) atoms. The predicted molar refractivity (Wildman–Crippen MR) is 75.5 cm³/mol. The highest BCUT2D eigenvalue weighted by Crippen LogP contribution is 2.39. The molecule has 0 amide bonds. The number of fused-ring (bicyclic) bond motifs is 1. The summed E-state index contributed by atoms with van der Waals surface area (Å²) in [6.07, 6.45) is 0.882. The summed E-state index contributed by atoms with van der Waals surface area (Å²) in [7, 11) is 0. The lowest BCUT2D eigenvalue weighted by atomic mass is 9.86. The number of ether oxygens (including phenoxy) is 1. The summed E-state index contributed by atoms with van der Waals surface area (Å²) in [6.45, 7) is 2.42. The molecule has 1 atom stereocenters. The number of aliphatic hydroxyl groups is 1. The van der Waals surface area contributed by atoms with Gasteiger partial charge in [-0.3, -0.25) is 0 Å². The van der Waals surface area contributed by atoms with Crippen molar-refractivity contribution in [2.24, 2.45) is 0 Å². The van der Waals surface area contributed by atoms with E-state index >= 15 is 0 Å². The van der Waals surface area contributed by atoms with Gasteiger partial charge in [0.2, 0.25) is 0 Å². The Hall–Kier alpha value is -2.31. The van der Waals surface area contributed by atoms with Gasteiger partial charge in [0.1, 0.15) is 11.4 Å². The van der Waals surface area contributed by atoms with E-state index in [1.807, 2.05) is 18.2 Å². The van der Waals surface area contributed by atoms with Crippen molar-refractivity contribution in [2.45, 2.75) is 18.9 Å². The van der Waals surface area contributed by atoms with Crippen LogP contribution in [0.5, 0.6) is 5.75 Å². The molecule has 2 aromatic rings. The number of hydrogen-bond acceptors (Lipinski definition) is 3. The van der Waals surface area contributed by atoms with Crippen molar-refractivity contribution in [3.8, 4) is 11.8 Å². The zero-order valence-electron chi connectivity index (χ0n) is 11.3. The number of nitriles is 1. The molecule has 0 radical (unpaired) electrons. The van der Waals surface area contributed by atoms with Gasteiger partial charge in [-0.2, -0.15) is 5.26 Å². The van der Waals surface area contributed by atoms with E-state index in [9.17, 15) is 5.11 Å². The summed E-state index contributed by atoms with van der Waals surface area (Å²) in [5.74, 6) is 0.793. The summed E-state index contributed by atoms with van der Waals surface area (Å²) >= 11 is 0. The van der Waals surface area contributed by atoms with Crippen molar-refractivity contribution in [1.82, 2.24) is 0 Å². The van der Waals surface area contributed by atoms with Gasteiger partial charge < -0.3 is 9.84 Å². The molecular weight excluding hydrogens is 250 g/mol. The van der Waals surface area contributed by atoms with Crippen molar-refractivity contribution >= 4 is 0 Å². The first-order chi connectivity index (χ1) is 9.63. The molecular formula is C17H15NO2. The van der Waals surface area contributed by atoms with Crippen LogP contribution in [0.4, 0.5) is 0 Å². The van der Waals surface area contributed by atoms with Crippen molar-refractivity contribution in [3.63, 3.8) is 0 Å². The van der Waals surface area contributed by atoms with Gasteiger partial charge in [-0.15, -0.1) is 0 Å². The lowest BCUT2D eigenvalue weighted by molar-refractivity contribution is 0.0988. The SMILES string of the molecule is CC(O)(c1ccc(C#N)cc1)c1cccc2c1OCC2. The molecule has 0 bridgehead atoms. The second kappa shape index (κ2) is 4.66. The second-order valence-corrected chi connectivity index (χ2v) is 5.15. The van der Waals surface area contributed by atoms with Crippen LogP contribution in [0, 0.1) is 11.3 Å². The fourth-order valence-electron chi connectivity index (χ4n) is 2.62. The summed E-state index contributed by atoms with van der Waals surface area (Å²) in [5, 5.41) is 19.8. The number of nitrogens with zero attached hydrogens (tertiary/aromatic N) is 1. The summed E-state index contributed by atoms with van der Waals surface area (Å²) in [4.78, 5) is 0. The Balaban J connectivity index is 2.07. The van der Waals surface area contributed by atoms with Gasteiger partial charge in [-0.1, -0.05) is 30.3 Å². The third-order valence-electron chi connectivity index (χ3n) is 3.81. The minimum atomic E-state index is -1.14. The third kappa shape index (κ3) is 1.95. The van der Waals surface area contributed by atoms with E-state index in [1.54, 1.807) is 31.2 Å². The number of benzene rings is 2. The summed E-state index contributed by atoms with van der Waals surface area (Å²) in [6, 6.07) is 14.9. The maximum atomic E-state index is 10.9. The van der Waals surface area contributed by atoms with E-state index in [-0.39, 0.29) is 0 Å². The molecule has 1 aliphatic rings. The molecule has 0 spiro atoms. The van der Waals surface area contributed by atoms with Gasteiger partial charge in [-0.05, 0) is 30.2 Å². The lowest BCUT2D eigenvalue weighted by Gasteiger charge is -2.26. The molecule has 0 fully saturated rings. The molecule has 0 aliphatic carbocycles. The van der Waals surface area contributed by atoms with Crippen LogP contribution in [-0.2, 0) is 12.0 Å². The largest absolute Gasteiger partial charge is 0.493 e. The Kier molecular flexibility index (Phi) is 2.96. The average molecular weight is 265 g/mol. The molecule has 0 saturated carbocycles. The normalized spacial score (nSPS) is 15.8. The zero-order valence-corrected chi connectivity index (χ0v) is 11.3. The second-order valence-electron chi connectivity index (χ2n) is 5.15. The molecule has 0 saturated heterocycles. The molecule has 1 N–H and O–H groups in total. The van der Waals surface area contributed by atoms with Gasteiger partial charge in [0.25, 0.3) is 0 Å². The van der Waals surface area contributed by atoms with Crippen LogP contribution in [0.25, 0.3) is 0 Å². The van der Waals surface area contributed by atoms with E-state index in [1.165, 1.54) is 0 Å². The molecule has 3 nitrogen and oxygen atoms in total. The van der Waals surface area contributed by atoms with Crippen LogP contribution >= 0.6 is 0 Å². The molecule has 1 unspecified atom stereocenters. The van der Waals surface area contributed by atoms with Crippen molar-refractivity contribution in [2.75, 3.05) is 6.61 Å². The molecule has 100 valence electrons. The van der Waals surface area contributed by atoms with Crippen LogP contribution in [0.2, 0.25) is 0 Å². The Labute approximate surface area is 118 Å². The molecule has 3 rings (SSSR count). The smallest absolute Gasteiger partial charge is 0.129 e. The maximum Gasteiger partial charge on any atom is 0.129 e. The summed E-state index contributed by atoms with van der Waals surface area (Å²) < 4.78 is 5.67. The van der Waals surface area contributed by atoms with Gasteiger partial charge >= 0.3 is 0 Å². The monoisotopic (exact) mass is 265 g/mol. The van der Waals surface area contributed by atoms with Crippen molar-refractivity contribution in [1.29, 1.82) is 5.26 Å². The molecule has 2 aromatic carbocycles. The number of para-hydroxylation sites is 1. The Morgan fingerprint density at radius 3 is 2.65 bits per heavy atom. The zero-order chi connectivity index (χ0) is 14.2. The maximum absolute atomic E-state index is 10.9. The molecule has 0 aromatic heterocycles. The van der Waals surface area contributed by atoms with Crippen LogP contribution < -0.4 is 4.74 Å². The quantitative estimate of drug-likeness (QED) is 0.908. The van der Waals surface area contributed by atoms with Crippen LogP contribution in [0.15, 0.2) is 42.5 Å². The van der Waals surface area contributed by atoms with Gasteiger partial charge in [0, 0.05) is 12.0 Å².